The molecule has 1 atom stereocenters. The van der Waals surface area contributed by atoms with Gasteiger partial charge in [-0.2, -0.15) is 4.98 Å². The number of hydrogen-bond acceptors (Lipinski definition) is 5. The second kappa shape index (κ2) is 7.03. The predicted octanol–water partition coefficient (Wildman–Crippen LogP) is 3.51. The fourth-order valence-electron chi connectivity index (χ4n) is 3.54. The number of benzene rings is 1. The normalized spacial score (nSPS) is 15.4. The van der Waals surface area contributed by atoms with Gasteiger partial charge in [0.25, 0.3) is 5.56 Å². The largest absolute Gasteiger partial charge is 0.495 e. The van der Waals surface area contributed by atoms with Crippen LogP contribution in [0, 0.1) is 18.6 Å². The smallest absolute Gasteiger partial charge is 0.274 e. The fraction of sp³-hybridized carbons (Fsp3) is 0.250. The molecule has 144 valence electrons. The Hall–Kier alpha value is -3.29. The Balaban J connectivity index is 1.81. The summed E-state index contributed by atoms with van der Waals surface area (Å²) in [7, 11) is 1.54. The van der Waals surface area contributed by atoms with Crippen LogP contribution in [0.4, 0.5) is 20.4 Å². The average Bonchev–Trinajstić information content (AvgIpc) is 3.06. The van der Waals surface area contributed by atoms with Gasteiger partial charge >= 0.3 is 0 Å². The van der Waals surface area contributed by atoms with E-state index in [1.54, 1.807) is 12.3 Å². The summed E-state index contributed by atoms with van der Waals surface area (Å²) in [5.41, 5.74) is 2.19. The SMILES string of the molecule is COc1cnc(C)c(Nc2nc(=O)cc3n2C(c2cc(F)cc(F)c2)CC3)c1. The quantitative estimate of drug-likeness (QED) is 0.746. The fourth-order valence-corrected chi connectivity index (χ4v) is 3.54. The molecule has 0 radical (unpaired) electrons. The average molecular weight is 384 g/mol. The molecule has 0 saturated heterocycles. The van der Waals surface area contributed by atoms with E-state index in [0.29, 0.717) is 41.5 Å². The minimum absolute atomic E-state index is 0.299. The maximum absolute atomic E-state index is 13.8. The molecule has 0 spiro atoms. The lowest BCUT2D eigenvalue weighted by molar-refractivity contribution is 0.413. The number of hydrogen-bond donors (Lipinski definition) is 1. The topological polar surface area (TPSA) is 69.0 Å². The Morgan fingerprint density at radius 1 is 1.18 bits per heavy atom. The number of pyridine rings is 1. The Morgan fingerprint density at radius 3 is 2.64 bits per heavy atom. The van der Waals surface area contributed by atoms with Gasteiger partial charge in [0.15, 0.2) is 0 Å². The van der Waals surface area contributed by atoms with Crippen LogP contribution in [0.25, 0.3) is 0 Å². The maximum Gasteiger partial charge on any atom is 0.274 e. The third-order valence-corrected chi connectivity index (χ3v) is 4.84. The van der Waals surface area contributed by atoms with E-state index in [9.17, 15) is 13.6 Å². The van der Waals surface area contributed by atoms with Crippen molar-refractivity contribution in [3.8, 4) is 5.75 Å². The summed E-state index contributed by atoms with van der Waals surface area (Å²) in [4.78, 5) is 20.4. The van der Waals surface area contributed by atoms with Gasteiger partial charge in [0, 0.05) is 23.9 Å². The van der Waals surface area contributed by atoms with Crippen molar-refractivity contribution in [3.05, 3.63) is 75.5 Å². The van der Waals surface area contributed by atoms with Crippen LogP contribution in [-0.4, -0.2) is 21.6 Å². The molecule has 0 amide bonds. The number of halogens is 2. The highest BCUT2D eigenvalue weighted by Crippen LogP contribution is 2.35. The number of aromatic nitrogens is 3. The van der Waals surface area contributed by atoms with Crippen LogP contribution >= 0.6 is 0 Å². The van der Waals surface area contributed by atoms with Crippen molar-refractivity contribution < 1.29 is 13.5 Å². The van der Waals surface area contributed by atoms with Crippen molar-refractivity contribution in [2.75, 3.05) is 12.4 Å². The number of methoxy groups -OCH3 is 1. The summed E-state index contributed by atoms with van der Waals surface area (Å²) in [6, 6.07) is 6.33. The summed E-state index contributed by atoms with van der Waals surface area (Å²) < 4.78 is 34.5. The lowest BCUT2D eigenvalue weighted by Gasteiger charge is -2.21. The van der Waals surface area contributed by atoms with Gasteiger partial charge in [-0.25, -0.2) is 8.78 Å². The number of rotatable bonds is 4. The molecule has 0 bridgehead atoms. The summed E-state index contributed by atoms with van der Waals surface area (Å²) in [5, 5.41) is 3.14. The molecule has 1 N–H and O–H groups in total. The molecular formula is C20H18F2N4O2. The minimum atomic E-state index is -0.639. The molecule has 6 nitrogen and oxygen atoms in total. The van der Waals surface area contributed by atoms with Crippen LogP contribution < -0.4 is 15.6 Å². The molecule has 8 heteroatoms. The molecular weight excluding hydrogens is 366 g/mol. The van der Waals surface area contributed by atoms with Gasteiger partial charge in [0.05, 0.1) is 30.7 Å². The monoisotopic (exact) mass is 384 g/mol. The zero-order valence-electron chi connectivity index (χ0n) is 15.4. The van der Waals surface area contributed by atoms with Crippen LogP contribution in [0.3, 0.4) is 0 Å². The second-order valence-corrected chi connectivity index (χ2v) is 6.67. The summed E-state index contributed by atoms with van der Waals surface area (Å²) in [5.74, 6) is -0.427. The van der Waals surface area contributed by atoms with E-state index in [0.717, 1.165) is 11.8 Å². The van der Waals surface area contributed by atoms with E-state index in [2.05, 4.69) is 15.3 Å². The van der Waals surface area contributed by atoms with E-state index < -0.39 is 11.6 Å². The van der Waals surface area contributed by atoms with E-state index in [1.165, 1.54) is 25.3 Å². The first kappa shape index (κ1) is 18.1. The Kier molecular flexibility index (Phi) is 4.54. The number of ether oxygens (including phenoxy) is 1. The molecule has 0 saturated carbocycles. The maximum atomic E-state index is 13.8. The van der Waals surface area contributed by atoms with Crippen molar-refractivity contribution >= 4 is 11.6 Å². The lowest BCUT2D eigenvalue weighted by Crippen LogP contribution is -2.19. The lowest BCUT2D eigenvalue weighted by atomic mass is 10.0. The number of anilines is 2. The highest BCUT2D eigenvalue weighted by molar-refractivity contribution is 5.59. The van der Waals surface area contributed by atoms with Crippen molar-refractivity contribution in [2.45, 2.75) is 25.8 Å². The van der Waals surface area contributed by atoms with Gasteiger partial charge in [0.2, 0.25) is 5.95 Å². The standard InChI is InChI=1S/C20H18F2N4O2/c1-11-17(9-16(28-2)10-23-11)24-20-25-19(27)8-15-3-4-18(26(15)20)12-5-13(21)7-14(22)6-12/h5-10,18H,3-4H2,1-2H3,(H,24,25,27). The zero-order chi connectivity index (χ0) is 19.8. The van der Waals surface area contributed by atoms with E-state index >= 15 is 0 Å². The number of nitrogens with one attached hydrogen (secondary N) is 1. The molecule has 1 aliphatic heterocycles. The van der Waals surface area contributed by atoms with Gasteiger partial charge in [-0.1, -0.05) is 0 Å². The van der Waals surface area contributed by atoms with Gasteiger partial charge in [-0.3, -0.25) is 9.78 Å². The predicted molar refractivity (Wildman–Crippen MR) is 100 cm³/mol. The summed E-state index contributed by atoms with van der Waals surface area (Å²) in [6.07, 6.45) is 2.80. The molecule has 0 fully saturated rings. The zero-order valence-corrected chi connectivity index (χ0v) is 15.4. The van der Waals surface area contributed by atoms with E-state index in [1.807, 2.05) is 11.5 Å². The van der Waals surface area contributed by atoms with Crippen molar-refractivity contribution in [2.24, 2.45) is 0 Å². The van der Waals surface area contributed by atoms with E-state index in [4.69, 9.17) is 4.74 Å². The highest BCUT2D eigenvalue weighted by atomic mass is 19.1. The van der Waals surface area contributed by atoms with Gasteiger partial charge in [0.1, 0.15) is 17.4 Å². The van der Waals surface area contributed by atoms with Crippen LogP contribution in [0.1, 0.15) is 29.4 Å². The Morgan fingerprint density at radius 2 is 1.93 bits per heavy atom. The molecule has 1 aliphatic rings. The molecule has 28 heavy (non-hydrogen) atoms. The third kappa shape index (κ3) is 3.33. The Labute approximate surface area is 159 Å². The van der Waals surface area contributed by atoms with Gasteiger partial charge in [-0.05, 0) is 37.5 Å². The second-order valence-electron chi connectivity index (χ2n) is 6.67. The Bertz CT molecular complexity index is 1090. The number of fused-ring (bicyclic) bond motifs is 1. The molecule has 3 heterocycles. The summed E-state index contributed by atoms with van der Waals surface area (Å²) in [6.45, 7) is 1.81. The van der Waals surface area contributed by atoms with Crippen LogP contribution in [0.2, 0.25) is 0 Å². The third-order valence-electron chi connectivity index (χ3n) is 4.84. The van der Waals surface area contributed by atoms with Crippen molar-refractivity contribution in [3.63, 3.8) is 0 Å². The van der Waals surface area contributed by atoms with Crippen LogP contribution in [-0.2, 0) is 6.42 Å². The van der Waals surface area contributed by atoms with Crippen LogP contribution in [0.15, 0.2) is 41.3 Å². The molecule has 2 aromatic heterocycles. The molecule has 0 aliphatic carbocycles. The molecule has 3 aromatic rings. The first-order valence-electron chi connectivity index (χ1n) is 8.80. The number of nitrogens with zero attached hydrogens (tertiary/aromatic N) is 3. The molecule has 4 rings (SSSR count). The van der Waals surface area contributed by atoms with Crippen LogP contribution in [0.5, 0.6) is 5.75 Å². The molecule has 1 unspecified atom stereocenters. The van der Waals surface area contributed by atoms with Crippen molar-refractivity contribution in [1.29, 1.82) is 0 Å². The van der Waals surface area contributed by atoms with Gasteiger partial charge in [-0.15, -0.1) is 0 Å². The van der Waals surface area contributed by atoms with Crippen molar-refractivity contribution in [1.82, 2.24) is 14.5 Å². The summed E-state index contributed by atoms with van der Waals surface area (Å²) >= 11 is 0. The van der Waals surface area contributed by atoms with E-state index in [-0.39, 0.29) is 11.6 Å². The van der Waals surface area contributed by atoms with Gasteiger partial charge < -0.3 is 14.6 Å². The first-order valence-corrected chi connectivity index (χ1v) is 8.80. The highest BCUT2D eigenvalue weighted by Gasteiger charge is 2.27. The number of aryl methyl sites for hydroxylation is 2. The molecule has 1 aromatic carbocycles. The first-order chi connectivity index (χ1) is 13.4. The minimum Gasteiger partial charge on any atom is -0.495 e.